The van der Waals surface area contributed by atoms with Gasteiger partial charge in [-0.2, -0.15) is 13.2 Å². The monoisotopic (exact) mass is 386 g/mol. The third kappa shape index (κ3) is 5.29. The van der Waals surface area contributed by atoms with Crippen LogP contribution in [0.2, 0.25) is 0 Å². The summed E-state index contributed by atoms with van der Waals surface area (Å²) in [6.07, 6.45) is -1.02. The molecule has 0 unspecified atom stereocenters. The average Bonchev–Trinajstić information content (AvgIpc) is 2.69. The van der Waals surface area contributed by atoms with E-state index in [-0.39, 0.29) is 11.6 Å². The highest BCUT2D eigenvalue weighted by atomic mass is 19.4. The van der Waals surface area contributed by atoms with Gasteiger partial charge < -0.3 is 10.6 Å². The maximum absolute atomic E-state index is 12.6. The molecule has 5 nitrogen and oxygen atoms in total. The molecule has 3 rings (SSSR count). The predicted octanol–water partition coefficient (Wildman–Crippen LogP) is 4.21. The Labute approximate surface area is 159 Å². The summed E-state index contributed by atoms with van der Waals surface area (Å²) in [5, 5.41) is 5.61. The standard InChI is InChI=1S/C20H17F3N4O/c21-20(22,23)15-6-8-16(9-7-15)27-18-13-25-17(12-26-18)19(28)24-11-10-14-4-2-1-3-5-14/h1-9,12-13H,10-11H2,(H,24,28)(H,26,27). The Hall–Kier alpha value is -3.42. The molecule has 0 aliphatic heterocycles. The van der Waals surface area contributed by atoms with Gasteiger partial charge in [-0.25, -0.2) is 9.97 Å². The summed E-state index contributed by atoms with van der Waals surface area (Å²) in [5.74, 6) is -0.0231. The molecule has 0 atom stereocenters. The van der Waals surface area contributed by atoms with Gasteiger partial charge in [0.1, 0.15) is 11.5 Å². The van der Waals surface area contributed by atoms with Gasteiger partial charge in [0.15, 0.2) is 0 Å². The largest absolute Gasteiger partial charge is 0.416 e. The normalized spacial score (nSPS) is 11.1. The van der Waals surface area contributed by atoms with Crippen molar-refractivity contribution in [1.29, 1.82) is 0 Å². The molecule has 0 fully saturated rings. The zero-order chi connectivity index (χ0) is 20.0. The van der Waals surface area contributed by atoms with Crippen LogP contribution < -0.4 is 10.6 Å². The fourth-order valence-corrected chi connectivity index (χ4v) is 2.46. The van der Waals surface area contributed by atoms with E-state index in [1.807, 2.05) is 30.3 Å². The van der Waals surface area contributed by atoms with Crippen LogP contribution in [0, 0.1) is 0 Å². The van der Waals surface area contributed by atoms with Crippen molar-refractivity contribution in [2.24, 2.45) is 0 Å². The molecule has 144 valence electrons. The molecular formula is C20H17F3N4O. The van der Waals surface area contributed by atoms with Crippen molar-refractivity contribution >= 4 is 17.4 Å². The smallest absolute Gasteiger partial charge is 0.350 e. The van der Waals surface area contributed by atoms with E-state index in [1.54, 1.807) is 0 Å². The molecule has 0 spiro atoms. The number of carbonyl (C=O) groups is 1. The van der Waals surface area contributed by atoms with Gasteiger partial charge in [-0.15, -0.1) is 0 Å². The third-order valence-electron chi connectivity index (χ3n) is 3.91. The first-order chi connectivity index (χ1) is 13.4. The lowest BCUT2D eigenvalue weighted by atomic mass is 10.1. The number of carbonyl (C=O) groups excluding carboxylic acids is 1. The highest BCUT2D eigenvalue weighted by Crippen LogP contribution is 2.30. The van der Waals surface area contributed by atoms with E-state index in [2.05, 4.69) is 20.6 Å². The summed E-state index contributed by atoms with van der Waals surface area (Å²) in [6, 6.07) is 14.3. The third-order valence-corrected chi connectivity index (χ3v) is 3.91. The second kappa shape index (κ2) is 8.51. The highest BCUT2D eigenvalue weighted by Gasteiger charge is 2.29. The van der Waals surface area contributed by atoms with Crippen molar-refractivity contribution in [3.63, 3.8) is 0 Å². The van der Waals surface area contributed by atoms with Gasteiger partial charge >= 0.3 is 6.18 Å². The second-order valence-electron chi connectivity index (χ2n) is 5.98. The quantitative estimate of drug-likeness (QED) is 0.666. The Bertz CT molecular complexity index is 911. The number of halogens is 3. The van der Waals surface area contributed by atoms with Gasteiger partial charge in [0, 0.05) is 12.2 Å². The number of hydrogen-bond donors (Lipinski definition) is 2. The lowest BCUT2D eigenvalue weighted by Gasteiger charge is -2.09. The first-order valence-corrected chi connectivity index (χ1v) is 8.50. The summed E-state index contributed by atoms with van der Waals surface area (Å²) in [7, 11) is 0. The van der Waals surface area contributed by atoms with Crippen molar-refractivity contribution in [3.05, 3.63) is 83.8 Å². The van der Waals surface area contributed by atoms with Gasteiger partial charge in [0.2, 0.25) is 0 Å². The van der Waals surface area contributed by atoms with Gasteiger partial charge in [-0.05, 0) is 36.2 Å². The fourth-order valence-electron chi connectivity index (χ4n) is 2.46. The van der Waals surface area contributed by atoms with E-state index >= 15 is 0 Å². The first kappa shape index (κ1) is 19.3. The van der Waals surface area contributed by atoms with Crippen molar-refractivity contribution in [2.75, 3.05) is 11.9 Å². The van der Waals surface area contributed by atoms with Crippen molar-refractivity contribution < 1.29 is 18.0 Å². The number of aromatic nitrogens is 2. The Kier molecular flexibility index (Phi) is 5.88. The Morgan fingerprint density at radius 3 is 2.25 bits per heavy atom. The molecule has 1 amide bonds. The SMILES string of the molecule is O=C(NCCc1ccccc1)c1cnc(Nc2ccc(C(F)(F)F)cc2)cn1. The maximum atomic E-state index is 12.6. The summed E-state index contributed by atoms with van der Waals surface area (Å²) in [5.41, 5.74) is 0.977. The second-order valence-corrected chi connectivity index (χ2v) is 5.98. The fraction of sp³-hybridized carbons (Fsp3) is 0.150. The summed E-state index contributed by atoms with van der Waals surface area (Å²) >= 11 is 0. The average molecular weight is 386 g/mol. The van der Waals surface area contributed by atoms with Gasteiger partial charge in [-0.1, -0.05) is 30.3 Å². The molecule has 3 aromatic rings. The molecular weight excluding hydrogens is 369 g/mol. The molecule has 2 N–H and O–H groups in total. The summed E-state index contributed by atoms with van der Waals surface area (Å²) in [4.78, 5) is 20.2. The molecule has 1 aromatic heterocycles. The Balaban J connectivity index is 1.53. The van der Waals surface area contributed by atoms with Crippen molar-refractivity contribution in [3.8, 4) is 0 Å². The van der Waals surface area contributed by atoms with Crippen LogP contribution in [-0.2, 0) is 12.6 Å². The minimum Gasteiger partial charge on any atom is -0.350 e. The van der Waals surface area contributed by atoms with Gasteiger partial charge in [0.05, 0.1) is 18.0 Å². The van der Waals surface area contributed by atoms with Crippen LogP contribution in [0.25, 0.3) is 0 Å². The molecule has 28 heavy (non-hydrogen) atoms. The highest BCUT2D eigenvalue weighted by molar-refractivity contribution is 5.92. The van der Waals surface area contributed by atoms with Crippen LogP contribution >= 0.6 is 0 Å². The van der Waals surface area contributed by atoms with Crippen molar-refractivity contribution in [1.82, 2.24) is 15.3 Å². The maximum Gasteiger partial charge on any atom is 0.416 e. The number of nitrogens with zero attached hydrogens (tertiary/aromatic N) is 2. The molecule has 8 heteroatoms. The van der Waals surface area contributed by atoms with E-state index in [1.165, 1.54) is 24.5 Å². The lowest BCUT2D eigenvalue weighted by molar-refractivity contribution is -0.137. The molecule has 0 bridgehead atoms. The zero-order valence-corrected chi connectivity index (χ0v) is 14.7. The topological polar surface area (TPSA) is 66.9 Å². The summed E-state index contributed by atoms with van der Waals surface area (Å²) in [6.45, 7) is 0.468. The predicted molar refractivity (Wildman–Crippen MR) is 99.2 cm³/mol. The molecule has 0 saturated carbocycles. The number of anilines is 2. The number of nitrogens with one attached hydrogen (secondary N) is 2. The zero-order valence-electron chi connectivity index (χ0n) is 14.7. The number of hydrogen-bond acceptors (Lipinski definition) is 4. The Morgan fingerprint density at radius 1 is 0.929 bits per heavy atom. The number of benzene rings is 2. The van der Waals surface area contributed by atoms with E-state index < -0.39 is 11.7 Å². The molecule has 1 heterocycles. The first-order valence-electron chi connectivity index (χ1n) is 8.50. The van der Waals surface area contributed by atoms with Crippen LogP contribution in [0.4, 0.5) is 24.7 Å². The molecule has 0 radical (unpaired) electrons. The van der Waals surface area contributed by atoms with E-state index in [4.69, 9.17) is 0 Å². The molecule has 0 aliphatic rings. The van der Waals surface area contributed by atoms with E-state index in [0.29, 0.717) is 24.5 Å². The van der Waals surface area contributed by atoms with Crippen LogP contribution in [0.15, 0.2) is 67.0 Å². The minimum atomic E-state index is -4.38. The lowest BCUT2D eigenvalue weighted by Crippen LogP contribution is -2.26. The van der Waals surface area contributed by atoms with Gasteiger partial charge in [0.25, 0.3) is 5.91 Å². The van der Waals surface area contributed by atoms with Crippen LogP contribution in [0.3, 0.4) is 0 Å². The number of rotatable bonds is 6. The van der Waals surface area contributed by atoms with E-state index in [9.17, 15) is 18.0 Å². The molecule has 0 saturated heterocycles. The number of alkyl halides is 3. The molecule has 0 aliphatic carbocycles. The van der Waals surface area contributed by atoms with Crippen LogP contribution in [-0.4, -0.2) is 22.4 Å². The summed E-state index contributed by atoms with van der Waals surface area (Å²) < 4.78 is 37.7. The van der Waals surface area contributed by atoms with Crippen molar-refractivity contribution in [2.45, 2.75) is 12.6 Å². The van der Waals surface area contributed by atoms with Crippen LogP contribution in [0.1, 0.15) is 21.6 Å². The molecule has 2 aromatic carbocycles. The minimum absolute atomic E-state index is 0.158. The van der Waals surface area contributed by atoms with Gasteiger partial charge in [-0.3, -0.25) is 4.79 Å². The van der Waals surface area contributed by atoms with Crippen LogP contribution in [0.5, 0.6) is 0 Å². The number of amides is 1. The van der Waals surface area contributed by atoms with E-state index in [0.717, 1.165) is 17.7 Å². The Morgan fingerprint density at radius 2 is 1.64 bits per heavy atom.